The van der Waals surface area contributed by atoms with Gasteiger partial charge in [-0.15, -0.1) is 11.8 Å². The number of nitrogens with zero attached hydrogens (tertiary/aromatic N) is 1. The summed E-state index contributed by atoms with van der Waals surface area (Å²) < 4.78 is 9.87. The smallest absolute Gasteiger partial charge is 0.355 e. The van der Waals surface area contributed by atoms with Gasteiger partial charge in [0.15, 0.2) is 0 Å². The Morgan fingerprint density at radius 3 is 2.47 bits per heavy atom. The zero-order valence-corrected chi connectivity index (χ0v) is 17.9. The molecule has 0 amide bonds. The number of hydrogen-bond donors (Lipinski definition) is 0. The van der Waals surface area contributed by atoms with Gasteiger partial charge in [-0.05, 0) is 36.8 Å². The first-order valence-corrected chi connectivity index (χ1v) is 10.4. The maximum Gasteiger partial charge on any atom is 0.355 e. The van der Waals surface area contributed by atoms with E-state index in [1.165, 1.54) is 25.3 Å². The van der Waals surface area contributed by atoms with Crippen LogP contribution in [-0.2, 0) is 24.8 Å². The van der Waals surface area contributed by atoms with Gasteiger partial charge in [0.1, 0.15) is 5.70 Å². The fraction of sp³-hybridized carbons (Fsp3) is 0.167. The molecule has 3 rings (SSSR count). The van der Waals surface area contributed by atoms with Crippen LogP contribution in [0.2, 0.25) is 0 Å². The van der Waals surface area contributed by atoms with Gasteiger partial charge in [-0.3, -0.25) is 0 Å². The van der Waals surface area contributed by atoms with Gasteiger partial charge in [0.2, 0.25) is 0 Å². The molecule has 0 atom stereocenters. The van der Waals surface area contributed by atoms with E-state index in [2.05, 4.69) is 25.1 Å². The third-order valence-corrected chi connectivity index (χ3v) is 5.62. The number of anilines is 1. The summed E-state index contributed by atoms with van der Waals surface area (Å²) in [7, 11) is 2.57. The molecule has 0 spiro atoms. The van der Waals surface area contributed by atoms with Crippen molar-refractivity contribution in [2.75, 3.05) is 19.1 Å². The molecule has 0 radical (unpaired) electrons. The lowest BCUT2D eigenvalue weighted by atomic mass is 10.1. The Labute approximate surface area is 180 Å². The third-order valence-electron chi connectivity index (χ3n) is 4.49. The summed E-state index contributed by atoms with van der Waals surface area (Å²) in [4.78, 5) is 27.7. The van der Waals surface area contributed by atoms with Gasteiger partial charge < -0.3 is 14.4 Å². The number of benzene rings is 2. The number of aryl methyl sites for hydroxylation is 1. The molecule has 0 aliphatic carbocycles. The summed E-state index contributed by atoms with van der Waals surface area (Å²) in [6, 6.07) is 16.1. The number of rotatable bonds is 6. The highest BCUT2D eigenvalue weighted by atomic mass is 32.2. The SMILES string of the molecule is COC(=O)C1=C(C(=O)OC)N(c2ccccc2SCc2cccc(C)c2)C=CC=C1. The Morgan fingerprint density at radius 1 is 0.967 bits per heavy atom. The Morgan fingerprint density at radius 2 is 1.73 bits per heavy atom. The molecule has 1 aliphatic heterocycles. The minimum Gasteiger partial charge on any atom is -0.465 e. The van der Waals surface area contributed by atoms with Crippen LogP contribution in [0.5, 0.6) is 0 Å². The lowest BCUT2D eigenvalue weighted by Crippen LogP contribution is -2.27. The number of carbonyl (C=O) groups is 2. The molecule has 0 bridgehead atoms. The standard InChI is InChI=1S/C24H23NO4S/c1-17-9-8-10-18(15-17)16-30-21-13-5-4-12-20(21)25-14-7-6-11-19(23(26)28-2)22(25)24(27)29-3/h4-15H,16H2,1-3H3. The second kappa shape index (κ2) is 9.98. The lowest BCUT2D eigenvalue weighted by molar-refractivity contribution is -0.139. The summed E-state index contributed by atoms with van der Waals surface area (Å²) in [5, 5.41) is 0. The summed E-state index contributed by atoms with van der Waals surface area (Å²) >= 11 is 1.66. The first-order chi connectivity index (χ1) is 14.5. The van der Waals surface area contributed by atoms with Crippen molar-refractivity contribution in [3.63, 3.8) is 0 Å². The predicted molar refractivity (Wildman–Crippen MR) is 119 cm³/mol. The molecular weight excluding hydrogens is 398 g/mol. The van der Waals surface area contributed by atoms with Crippen LogP contribution in [0.25, 0.3) is 0 Å². The molecule has 0 saturated heterocycles. The average Bonchev–Trinajstić information content (AvgIpc) is 3.00. The normalized spacial score (nSPS) is 13.2. The Bertz CT molecular complexity index is 1040. The van der Waals surface area contributed by atoms with E-state index in [0.29, 0.717) is 0 Å². The minimum absolute atomic E-state index is 0.109. The second-order valence-corrected chi connectivity index (χ2v) is 7.58. The Balaban J connectivity index is 2.02. The molecule has 154 valence electrons. The number of esters is 2. The summed E-state index contributed by atoms with van der Waals surface area (Å²) in [5.41, 5.74) is 3.44. The van der Waals surface area contributed by atoms with Gasteiger partial charge >= 0.3 is 11.9 Å². The number of thioether (sulfide) groups is 1. The number of allylic oxidation sites excluding steroid dienone is 2. The van der Waals surface area contributed by atoms with Crippen LogP contribution >= 0.6 is 11.8 Å². The van der Waals surface area contributed by atoms with E-state index < -0.39 is 11.9 Å². The van der Waals surface area contributed by atoms with Crippen molar-refractivity contribution in [2.45, 2.75) is 17.6 Å². The third kappa shape index (κ3) is 4.83. The summed E-state index contributed by atoms with van der Waals surface area (Å²) in [6.45, 7) is 2.07. The molecule has 0 fully saturated rings. The average molecular weight is 422 g/mol. The zero-order chi connectivity index (χ0) is 21.5. The maximum absolute atomic E-state index is 12.7. The molecule has 0 aromatic heterocycles. The van der Waals surface area contributed by atoms with E-state index in [9.17, 15) is 9.59 Å². The molecule has 2 aromatic carbocycles. The van der Waals surface area contributed by atoms with Crippen molar-refractivity contribution in [3.8, 4) is 0 Å². The zero-order valence-electron chi connectivity index (χ0n) is 17.1. The van der Waals surface area contributed by atoms with Crippen molar-refractivity contribution in [1.29, 1.82) is 0 Å². The van der Waals surface area contributed by atoms with Crippen molar-refractivity contribution in [3.05, 3.63) is 95.4 Å². The molecule has 2 aromatic rings. The minimum atomic E-state index is -0.620. The number of ether oxygens (including phenoxy) is 2. The number of para-hydroxylation sites is 1. The van der Waals surface area contributed by atoms with Gasteiger partial charge in [-0.1, -0.05) is 48.0 Å². The van der Waals surface area contributed by atoms with E-state index in [1.807, 2.05) is 30.3 Å². The van der Waals surface area contributed by atoms with Gasteiger partial charge in [0.05, 0.1) is 25.5 Å². The van der Waals surface area contributed by atoms with Crippen molar-refractivity contribution in [2.24, 2.45) is 0 Å². The highest BCUT2D eigenvalue weighted by molar-refractivity contribution is 7.98. The fourth-order valence-electron chi connectivity index (χ4n) is 3.09. The largest absolute Gasteiger partial charge is 0.465 e. The van der Waals surface area contributed by atoms with E-state index in [4.69, 9.17) is 9.47 Å². The van der Waals surface area contributed by atoms with Crippen LogP contribution < -0.4 is 4.90 Å². The maximum atomic E-state index is 12.7. The summed E-state index contributed by atoms with van der Waals surface area (Å²) in [5.74, 6) is -0.453. The van der Waals surface area contributed by atoms with Crippen molar-refractivity contribution >= 4 is 29.4 Å². The molecule has 6 heteroatoms. The van der Waals surface area contributed by atoms with Gasteiger partial charge in [-0.2, -0.15) is 0 Å². The van der Waals surface area contributed by atoms with Crippen LogP contribution in [-0.4, -0.2) is 26.2 Å². The monoisotopic (exact) mass is 421 g/mol. The van der Waals surface area contributed by atoms with Crippen molar-refractivity contribution < 1.29 is 19.1 Å². The van der Waals surface area contributed by atoms with Crippen molar-refractivity contribution in [1.82, 2.24) is 0 Å². The van der Waals surface area contributed by atoms with E-state index in [-0.39, 0.29) is 11.3 Å². The summed E-state index contributed by atoms with van der Waals surface area (Å²) in [6.07, 6.45) is 6.75. The predicted octanol–water partition coefficient (Wildman–Crippen LogP) is 4.78. The van der Waals surface area contributed by atoms with Crippen LogP contribution in [0.3, 0.4) is 0 Å². The van der Waals surface area contributed by atoms with Gasteiger partial charge in [0.25, 0.3) is 0 Å². The molecular formula is C24H23NO4S. The van der Waals surface area contributed by atoms with Gasteiger partial charge in [0, 0.05) is 16.8 Å². The molecule has 0 saturated carbocycles. The van der Waals surface area contributed by atoms with Gasteiger partial charge in [-0.25, -0.2) is 9.59 Å². The molecule has 1 heterocycles. The Hall–Kier alpha value is -3.25. The quantitative estimate of drug-likeness (QED) is 0.494. The van der Waals surface area contributed by atoms with E-state index in [1.54, 1.807) is 41.1 Å². The number of carbonyl (C=O) groups excluding carboxylic acids is 2. The topological polar surface area (TPSA) is 55.8 Å². The first kappa shape index (κ1) is 21.5. The van der Waals surface area contributed by atoms with E-state index in [0.717, 1.165) is 16.3 Å². The molecule has 1 aliphatic rings. The van der Waals surface area contributed by atoms with Crippen LogP contribution in [0.15, 0.2) is 89.1 Å². The number of hydrogen-bond acceptors (Lipinski definition) is 6. The second-order valence-electron chi connectivity index (χ2n) is 6.56. The first-order valence-electron chi connectivity index (χ1n) is 9.37. The highest BCUT2D eigenvalue weighted by Crippen LogP contribution is 2.36. The fourth-order valence-corrected chi connectivity index (χ4v) is 4.08. The van der Waals surface area contributed by atoms with E-state index >= 15 is 0 Å². The number of methoxy groups -OCH3 is 2. The highest BCUT2D eigenvalue weighted by Gasteiger charge is 2.28. The van der Waals surface area contributed by atoms with Crippen LogP contribution in [0, 0.1) is 6.92 Å². The molecule has 5 nitrogen and oxygen atoms in total. The lowest BCUT2D eigenvalue weighted by Gasteiger charge is -2.25. The van der Waals surface area contributed by atoms with Crippen LogP contribution in [0.1, 0.15) is 11.1 Å². The Kier molecular flexibility index (Phi) is 7.14. The molecule has 0 unspecified atom stereocenters. The molecule has 0 N–H and O–H groups in total. The van der Waals surface area contributed by atoms with Crippen LogP contribution in [0.4, 0.5) is 5.69 Å². The molecule has 30 heavy (non-hydrogen) atoms.